The molecule has 0 spiro atoms. The monoisotopic (exact) mass is 160 g/mol. The van der Waals surface area contributed by atoms with Crippen LogP contribution < -0.4 is 0 Å². The van der Waals surface area contributed by atoms with Crippen molar-refractivity contribution in [2.24, 2.45) is 0 Å². The minimum atomic E-state index is 0.418. The largest absolute Gasteiger partial charge is 0.508 e. The summed E-state index contributed by atoms with van der Waals surface area (Å²) in [6.07, 6.45) is 5.30. The third kappa shape index (κ3) is 0.934. The van der Waals surface area contributed by atoms with Crippen LogP contribution in [0.1, 0.15) is 30.4 Å². The van der Waals surface area contributed by atoms with E-state index in [1.807, 2.05) is 12.1 Å². The standard InChI is InChI=1S/C11H12O/c1-2-8-6-7-9-4-3-5-10(12)11(8)9/h3-8,12H,2H2,1H3. The van der Waals surface area contributed by atoms with Crippen LogP contribution in [-0.4, -0.2) is 5.11 Å². The van der Waals surface area contributed by atoms with Gasteiger partial charge in [0.2, 0.25) is 0 Å². The molecule has 1 aromatic rings. The van der Waals surface area contributed by atoms with Gasteiger partial charge in [-0.25, -0.2) is 0 Å². The molecule has 1 atom stereocenters. The summed E-state index contributed by atoms with van der Waals surface area (Å²) in [5.41, 5.74) is 2.27. The molecule has 12 heavy (non-hydrogen) atoms. The average molecular weight is 160 g/mol. The fraction of sp³-hybridized carbons (Fsp3) is 0.273. The number of allylic oxidation sites excluding steroid dienone is 1. The summed E-state index contributed by atoms with van der Waals surface area (Å²) >= 11 is 0. The second kappa shape index (κ2) is 2.67. The predicted octanol–water partition coefficient (Wildman–Crippen LogP) is 2.91. The minimum absolute atomic E-state index is 0.418. The Morgan fingerprint density at radius 1 is 1.42 bits per heavy atom. The number of phenolic OH excluding ortho intramolecular Hbond substituents is 1. The van der Waals surface area contributed by atoms with E-state index in [0.717, 1.165) is 12.0 Å². The van der Waals surface area contributed by atoms with Gasteiger partial charge in [0.05, 0.1) is 0 Å². The van der Waals surface area contributed by atoms with Gasteiger partial charge < -0.3 is 5.11 Å². The molecular weight excluding hydrogens is 148 g/mol. The topological polar surface area (TPSA) is 20.2 Å². The molecule has 0 fully saturated rings. The van der Waals surface area contributed by atoms with Crippen LogP contribution in [0.5, 0.6) is 5.75 Å². The molecule has 1 aliphatic rings. The quantitative estimate of drug-likeness (QED) is 0.669. The number of hydrogen-bond donors (Lipinski definition) is 1. The van der Waals surface area contributed by atoms with Crippen molar-refractivity contribution in [3.8, 4) is 5.75 Å². The smallest absolute Gasteiger partial charge is 0.119 e. The third-order valence-corrected chi connectivity index (χ3v) is 2.44. The fourth-order valence-corrected chi connectivity index (χ4v) is 1.78. The molecule has 1 heteroatoms. The Hall–Kier alpha value is -1.24. The maximum atomic E-state index is 9.59. The van der Waals surface area contributed by atoms with Gasteiger partial charge in [0.1, 0.15) is 5.75 Å². The van der Waals surface area contributed by atoms with Crippen LogP contribution in [0.25, 0.3) is 6.08 Å². The lowest BCUT2D eigenvalue weighted by Gasteiger charge is -2.09. The highest BCUT2D eigenvalue weighted by molar-refractivity contribution is 5.65. The molecule has 1 aliphatic carbocycles. The van der Waals surface area contributed by atoms with Crippen LogP contribution in [0, 0.1) is 0 Å². The van der Waals surface area contributed by atoms with Gasteiger partial charge in [-0.15, -0.1) is 0 Å². The van der Waals surface area contributed by atoms with Crippen LogP contribution in [0.2, 0.25) is 0 Å². The minimum Gasteiger partial charge on any atom is -0.508 e. The van der Waals surface area contributed by atoms with E-state index in [0.29, 0.717) is 11.7 Å². The zero-order valence-corrected chi connectivity index (χ0v) is 7.12. The number of benzene rings is 1. The number of fused-ring (bicyclic) bond motifs is 1. The molecule has 1 unspecified atom stereocenters. The summed E-state index contributed by atoms with van der Waals surface area (Å²) in [7, 11) is 0. The molecule has 0 aromatic heterocycles. The molecule has 1 nitrogen and oxygen atoms in total. The summed E-state index contributed by atoms with van der Waals surface area (Å²) in [4.78, 5) is 0. The summed E-state index contributed by atoms with van der Waals surface area (Å²) in [5, 5.41) is 9.59. The maximum Gasteiger partial charge on any atom is 0.119 e. The Kier molecular flexibility index (Phi) is 1.65. The van der Waals surface area contributed by atoms with Gasteiger partial charge in [-0.2, -0.15) is 0 Å². The Bertz CT molecular complexity index is 326. The van der Waals surface area contributed by atoms with E-state index in [1.165, 1.54) is 5.56 Å². The lowest BCUT2D eigenvalue weighted by atomic mass is 9.97. The summed E-state index contributed by atoms with van der Waals surface area (Å²) in [6.45, 7) is 2.14. The Morgan fingerprint density at radius 2 is 2.25 bits per heavy atom. The van der Waals surface area contributed by atoms with Gasteiger partial charge in [0, 0.05) is 11.5 Å². The SMILES string of the molecule is CCC1C=Cc2cccc(O)c21. The molecular formula is C11H12O. The first kappa shape index (κ1) is 7.41. The molecule has 2 rings (SSSR count). The maximum absolute atomic E-state index is 9.59. The molecule has 1 N–H and O–H groups in total. The van der Waals surface area contributed by atoms with E-state index in [9.17, 15) is 5.11 Å². The second-order valence-electron chi connectivity index (χ2n) is 3.15. The first-order chi connectivity index (χ1) is 5.83. The van der Waals surface area contributed by atoms with E-state index >= 15 is 0 Å². The summed E-state index contributed by atoms with van der Waals surface area (Å²) in [5.74, 6) is 0.852. The van der Waals surface area contributed by atoms with E-state index < -0.39 is 0 Å². The van der Waals surface area contributed by atoms with Crippen molar-refractivity contribution >= 4 is 6.08 Å². The van der Waals surface area contributed by atoms with Crippen LogP contribution >= 0.6 is 0 Å². The highest BCUT2D eigenvalue weighted by atomic mass is 16.3. The molecule has 0 aliphatic heterocycles. The molecule has 0 radical (unpaired) electrons. The molecule has 1 aromatic carbocycles. The second-order valence-corrected chi connectivity index (χ2v) is 3.15. The summed E-state index contributed by atoms with van der Waals surface area (Å²) < 4.78 is 0. The third-order valence-electron chi connectivity index (χ3n) is 2.44. The van der Waals surface area contributed by atoms with E-state index in [2.05, 4.69) is 19.1 Å². The number of phenols is 1. The lowest BCUT2D eigenvalue weighted by molar-refractivity contribution is 0.465. The van der Waals surface area contributed by atoms with Crippen molar-refractivity contribution in [2.75, 3.05) is 0 Å². The average Bonchev–Trinajstić information content (AvgIpc) is 2.49. The molecule has 62 valence electrons. The summed E-state index contributed by atoms with van der Waals surface area (Å²) in [6, 6.07) is 5.69. The Labute approximate surface area is 72.4 Å². The number of rotatable bonds is 1. The van der Waals surface area contributed by atoms with Gasteiger partial charge in [0.25, 0.3) is 0 Å². The van der Waals surface area contributed by atoms with E-state index in [4.69, 9.17) is 0 Å². The fourth-order valence-electron chi connectivity index (χ4n) is 1.78. The lowest BCUT2D eigenvalue weighted by Crippen LogP contribution is -1.90. The molecule has 0 saturated carbocycles. The van der Waals surface area contributed by atoms with Crippen molar-refractivity contribution in [1.29, 1.82) is 0 Å². The predicted molar refractivity (Wildman–Crippen MR) is 50.2 cm³/mol. The van der Waals surface area contributed by atoms with Gasteiger partial charge in [-0.3, -0.25) is 0 Å². The van der Waals surface area contributed by atoms with Gasteiger partial charge >= 0.3 is 0 Å². The number of hydrogen-bond acceptors (Lipinski definition) is 1. The highest BCUT2D eigenvalue weighted by Gasteiger charge is 2.18. The highest BCUT2D eigenvalue weighted by Crippen LogP contribution is 2.37. The molecule has 0 heterocycles. The van der Waals surface area contributed by atoms with Gasteiger partial charge in [-0.05, 0) is 18.1 Å². The van der Waals surface area contributed by atoms with Crippen molar-refractivity contribution in [2.45, 2.75) is 19.3 Å². The molecule has 0 amide bonds. The first-order valence-electron chi connectivity index (χ1n) is 4.33. The molecule has 0 saturated heterocycles. The van der Waals surface area contributed by atoms with Crippen LogP contribution in [0.3, 0.4) is 0 Å². The zero-order chi connectivity index (χ0) is 8.55. The van der Waals surface area contributed by atoms with Crippen molar-refractivity contribution in [1.82, 2.24) is 0 Å². The number of aromatic hydroxyl groups is 1. The van der Waals surface area contributed by atoms with Gasteiger partial charge in [-0.1, -0.05) is 31.2 Å². The van der Waals surface area contributed by atoms with Crippen molar-refractivity contribution < 1.29 is 5.11 Å². The molecule has 0 bridgehead atoms. The van der Waals surface area contributed by atoms with E-state index in [1.54, 1.807) is 6.07 Å². The first-order valence-corrected chi connectivity index (χ1v) is 4.33. The van der Waals surface area contributed by atoms with Crippen LogP contribution in [0.4, 0.5) is 0 Å². The van der Waals surface area contributed by atoms with E-state index in [-0.39, 0.29) is 0 Å². The van der Waals surface area contributed by atoms with Crippen molar-refractivity contribution in [3.63, 3.8) is 0 Å². The normalized spacial score (nSPS) is 19.6. The van der Waals surface area contributed by atoms with Crippen LogP contribution in [0.15, 0.2) is 24.3 Å². The Balaban J connectivity index is 2.54. The zero-order valence-electron chi connectivity index (χ0n) is 7.12. The van der Waals surface area contributed by atoms with Gasteiger partial charge in [0.15, 0.2) is 0 Å². The Morgan fingerprint density at radius 3 is 3.00 bits per heavy atom. The van der Waals surface area contributed by atoms with Crippen molar-refractivity contribution in [3.05, 3.63) is 35.4 Å². The van der Waals surface area contributed by atoms with Crippen LogP contribution in [-0.2, 0) is 0 Å².